The molecule has 0 aromatic carbocycles. The van der Waals surface area contributed by atoms with Gasteiger partial charge >= 0.3 is 24.8 Å². The lowest BCUT2D eigenvalue weighted by Gasteiger charge is -2.26. The zero-order chi connectivity index (χ0) is 18.4. The maximum atomic E-state index is 10.7. The van der Waals surface area contributed by atoms with Gasteiger partial charge < -0.3 is 20.4 Å². The molecule has 0 radical (unpaired) electrons. The summed E-state index contributed by atoms with van der Waals surface area (Å²) in [5, 5.41) is 0. The van der Waals surface area contributed by atoms with E-state index in [0.717, 1.165) is 12.8 Å². The van der Waals surface area contributed by atoms with E-state index in [1.54, 1.807) is 4.90 Å². The summed E-state index contributed by atoms with van der Waals surface area (Å²) < 4.78 is 45.8. The number of hydrogen-bond acceptors (Lipinski definition) is 9. The SMILES string of the molecule is NCCCCN(CCN(CO[PH](=O)O)CO[PH](=O)O)CO[PH](=O)O. The van der Waals surface area contributed by atoms with E-state index in [-0.39, 0.29) is 26.7 Å². The fourth-order valence-electron chi connectivity index (χ4n) is 1.61. The minimum absolute atomic E-state index is 0.0678. The van der Waals surface area contributed by atoms with Crippen molar-refractivity contribution in [1.29, 1.82) is 0 Å². The van der Waals surface area contributed by atoms with E-state index in [1.165, 1.54) is 4.90 Å². The van der Waals surface area contributed by atoms with Gasteiger partial charge in [-0.25, -0.2) is 0 Å². The molecule has 0 fully saturated rings. The van der Waals surface area contributed by atoms with Crippen molar-refractivity contribution in [2.75, 3.05) is 46.4 Å². The van der Waals surface area contributed by atoms with Crippen molar-refractivity contribution in [3.8, 4) is 0 Å². The molecule has 0 aliphatic heterocycles. The van der Waals surface area contributed by atoms with Crippen LogP contribution in [0, 0.1) is 0 Å². The molecule has 0 spiro atoms. The van der Waals surface area contributed by atoms with Gasteiger partial charge in [0.15, 0.2) is 0 Å². The molecule has 0 heterocycles. The van der Waals surface area contributed by atoms with E-state index in [9.17, 15) is 13.7 Å². The molecule has 0 aromatic rings. The molecule has 0 rings (SSSR count). The summed E-state index contributed by atoms with van der Waals surface area (Å²) in [6.45, 7) is 1.09. The Kier molecular flexibility index (Phi) is 15.8. The van der Waals surface area contributed by atoms with Crippen molar-refractivity contribution < 1.29 is 41.9 Å². The van der Waals surface area contributed by atoms with Gasteiger partial charge in [0.05, 0.1) is 0 Å². The quantitative estimate of drug-likeness (QED) is 0.144. The third-order valence-corrected chi connectivity index (χ3v) is 3.90. The minimum Gasteiger partial charge on any atom is -0.330 e. The second-order valence-corrected chi connectivity index (χ2v) is 7.09. The third-order valence-electron chi connectivity index (χ3n) is 2.77. The lowest BCUT2D eigenvalue weighted by molar-refractivity contribution is 0.0326. The van der Waals surface area contributed by atoms with E-state index in [2.05, 4.69) is 9.05 Å². The summed E-state index contributed by atoms with van der Waals surface area (Å²) in [7, 11) is -9.35. The van der Waals surface area contributed by atoms with E-state index >= 15 is 0 Å². The summed E-state index contributed by atoms with van der Waals surface area (Å²) in [5.41, 5.74) is 5.42. The Morgan fingerprint density at radius 1 is 0.708 bits per heavy atom. The molecule has 0 bridgehead atoms. The maximum Gasteiger partial charge on any atom is 0.317 e. The molecule has 12 nitrogen and oxygen atoms in total. The summed E-state index contributed by atoms with van der Waals surface area (Å²) in [6, 6.07) is 0. The Hall–Kier alpha value is 0.330. The Labute approximate surface area is 142 Å². The Morgan fingerprint density at radius 2 is 1.12 bits per heavy atom. The summed E-state index contributed by atoms with van der Waals surface area (Å²) in [6.07, 6.45) is 1.54. The van der Waals surface area contributed by atoms with Gasteiger partial charge in [0.25, 0.3) is 0 Å². The predicted molar refractivity (Wildman–Crippen MR) is 88.1 cm³/mol. The minimum atomic E-state index is -3.15. The number of unbranched alkanes of at least 4 members (excludes halogenated alkanes) is 1. The molecule has 0 aliphatic rings. The van der Waals surface area contributed by atoms with E-state index in [1.807, 2.05) is 0 Å². The van der Waals surface area contributed by atoms with Crippen molar-refractivity contribution >= 4 is 24.8 Å². The molecule has 0 saturated heterocycles. The predicted octanol–water partition coefficient (Wildman–Crippen LogP) is -0.602. The van der Waals surface area contributed by atoms with Crippen LogP contribution in [-0.2, 0) is 27.3 Å². The number of rotatable bonds is 16. The van der Waals surface area contributed by atoms with Crippen LogP contribution in [-0.4, -0.2) is 70.9 Å². The van der Waals surface area contributed by atoms with Crippen LogP contribution in [0.15, 0.2) is 0 Å². The van der Waals surface area contributed by atoms with Gasteiger partial charge in [0.2, 0.25) is 0 Å². The molecule has 15 heteroatoms. The van der Waals surface area contributed by atoms with Gasteiger partial charge in [0.1, 0.15) is 20.2 Å². The number of hydrogen-bond donors (Lipinski definition) is 4. The highest BCUT2D eigenvalue weighted by atomic mass is 31.1. The fraction of sp³-hybridized carbons (Fsp3) is 1.00. The highest BCUT2D eigenvalue weighted by Gasteiger charge is 2.12. The second kappa shape index (κ2) is 15.6. The van der Waals surface area contributed by atoms with Gasteiger partial charge in [0, 0.05) is 19.6 Å². The van der Waals surface area contributed by atoms with Crippen molar-refractivity contribution in [3.63, 3.8) is 0 Å². The molecule has 146 valence electrons. The van der Waals surface area contributed by atoms with Gasteiger partial charge in [-0.05, 0) is 19.4 Å². The van der Waals surface area contributed by atoms with Gasteiger partial charge in [-0.15, -0.1) is 0 Å². The smallest absolute Gasteiger partial charge is 0.317 e. The summed E-state index contributed by atoms with van der Waals surface area (Å²) >= 11 is 0. The Bertz CT molecular complexity index is 386. The zero-order valence-electron chi connectivity index (χ0n) is 13.1. The molecule has 0 saturated carbocycles. The topological polar surface area (TPSA) is 172 Å². The van der Waals surface area contributed by atoms with Crippen LogP contribution in [0.1, 0.15) is 12.8 Å². The van der Waals surface area contributed by atoms with Gasteiger partial charge in [-0.2, -0.15) is 0 Å². The molecule has 24 heavy (non-hydrogen) atoms. The van der Waals surface area contributed by atoms with Crippen molar-refractivity contribution in [2.45, 2.75) is 12.8 Å². The van der Waals surface area contributed by atoms with E-state index in [0.29, 0.717) is 19.6 Å². The normalized spacial score (nSPS) is 15.8. The Balaban J connectivity index is 4.45. The monoisotopic (exact) mass is 413 g/mol. The molecule has 3 atom stereocenters. The third kappa shape index (κ3) is 15.8. The first-order valence-electron chi connectivity index (χ1n) is 7.07. The van der Waals surface area contributed by atoms with Crippen molar-refractivity contribution in [1.82, 2.24) is 9.80 Å². The largest absolute Gasteiger partial charge is 0.330 e. The van der Waals surface area contributed by atoms with Crippen LogP contribution >= 0.6 is 24.8 Å². The standard InChI is InChI=1S/C9H26N3O9P3/c10-3-1-2-4-11(7-19-22(13)14)5-6-12(8-20-23(15)16)9-21-24(17)18/h22-24H,1-10H2,(H,13,14)(H,15,16)(H,17,18). The lowest BCUT2D eigenvalue weighted by atomic mass is 10.3. The second-order valence-electron chi connectivity index (χ2n) is 4.63. The van der Waals surface area contributed by atoms with Crippen molar-refractivity contribution in [2.24, 2.45) is 5.73 Å². The highest BCUT2D eigenvalue weighted by Crippen LogP contribution is 2.18. The molecular formula is C9H26N3O9P3. The molecule has 3 unspecified atom stereocenters. The van der Waals surface area contributed by atoms with E-state index in [4.69, 9.17) is 24.9 Å². The van der Waals surface area contributed by atoms with Crippen LogP contribution in [0.25, 0.3) is 0 Å². The van der Waals surface area contributed by atoms with Crippen LogP contribution in [0.5, 0.6) is 0 Å². The molecule has 0 aromatic heterocycles. The van der Waals surface area contributed by atoms with E-state index < -0.39 is 24.8 Å². The first kappa shape index (κ1) is 24.3. The number of nitrogens with zero attached hydrogens (tertiary/aromatic N) is 2. The van der Waals surface area contributed by atoms with Crippen molar-refractivity contribution in [3.05, 3.63) is 0 Å². The molecule has 0 amide bonds. The van der Waals surface area contributed by atoms with Crippen LogP contribution in [0.3, 0.4) is 0 Å². The number of nitrogens with two attached hydrogens (primary N) is 1. The Morgan fingerprint density at radius 3 is 1.54 bits per heavy atom. The highest BCUT2D eigenvalue weighted by molar-refractivity contribution is 7.32. The fourth-order valence-corrected chi connectivity index (χ4v) is 2.49. The lowest BCUT2D eigenvalue weighted by Crippen LogP contribution is -2.38. The molecular weight excluding hydrogens is 387 g/mol. The first-order chi connectivity index (χ1) is 11.3. The van der Waals surface area contributed by atoms with Crippen LogP contribution in [0.4, 0.5) is 0 Å². The zero-order valence-corrected chi connectivity index (χ0v) is 16.1. The molecule has 5 N–H and O–H groups in total. The van der Waals surface area contributed by atoms with Gasteiger partial charge in [-0.1, -0.05) is 0 Å². The summed E-state index contributed by atoms with van der Waals surface area (Å²) in [5.74, 6) is 0. The summed E-state index contributed by atoms with van der Waals surface area (Å²) in [4.78, 5) is 29.3. The molecule has 0 aliphatic carbocycles. The van der Waals surface area contributed by atoms with Gasteiger partial charge in [-0.3, -0.25) is 37.1 Å². The average molecular weight is 413 g/mol. The maximum absolute atomic E-state index is 10.7. The average Bonchev–Trinajstić information content (AvgIpc) is 2.50. The van der Waals surface area contributed by atoms with Crippen LogP contribution in [0.2, 0.25) is 0 Å². The first-order valence-corrected chi connectivity index (χ1v) is 10.9. The van der Waals surface area contributed by atoms with Crippen LogP contribution < -0.4 is 5.73 Å².